The topological polar surface area (TPSA) is 71.1 Å². The number of nitrogens with zero attached hydrogens (tertiary/aromatic N) is 2. The molecule has 1 spiro atoms. The van der Waals surface area contributed by atoms with Crippen LogP contribution in [0.25, 0.3) is 0 Å². The van der Waals surface area contributed by atoms with Crippen molar-refractivity contribution in [3.63, 3.8) is 0 Å². The number of aryl methyl sites for hydroxylation is 1. The molecule has 2 amide bonds. The second-order valence-electron chi connectivity index (χ2n) is 11.8. The number of methoxy groups -OCH3 is 1. The van der Waals surface area contributed by atoms with Crippen LogP contribution in [0, 0.1) is 5.41 Å². The molecular formula is C33H45N3O4. The summed E-state index contributed by atoms with van der Waals surface area (Å²) in [6, 6.07) is 14.2. The summed E-state index contributed by atoms with van der Waals surface area (Å²) in [5, 5.41) is 3.23. The van der Waals surface area contributed by atoms with Gasteiger partial charge < -0.3 is 19.7 Å². The molecule has 0 radical (unpaired) electrons. The minimum atomic E-state index is 0.0351. The molecule has 40 heavy (non-hydrogen) atoms. The molecule has 0 aliphatic carbocycles. The summed E-state index contributed by atoms with van der Waals surface area (Å²) in [7, 11) is 1.70. The fourth-order valence-electron chi connectivity index (χ4n) is 6.55. The van der Waals surface area contributed by atoms with Crippen molar-refractivity contribution in [2.75, 3.05) is 46.4 Å². The number of ether oxygens (including phenoxy) is 2. The van der Waals surface area contributed by atoms with Gasteiger partial charge in [0.1, 0.15) is 11.5 Å². The Morgan fingerprint density at radius 2 is 1.75 bits per heavy atom. The van der Waals surface area contributed by atoms with Gasteiger partial charge in [-0.15, -0.1) is 0 Å². The van der Waals surface area contributed by atoms with Crippen molar-refractivity contribution < 1.29 is 19.1 Å². The minimum Gasteiger partial charge on any atom is -0.496 e. The van der Waals surface area contributed by atoms with Gasteiger partial charge in [-0.1, -0.05) is 24.6 Å². The molecule has 7 heteroatoms. The maximum Gasteiger partial charge on any atom is 0.253 e. The van der Waals surface area contributed by atoms with Gasteiger partial charge >= 0.3 is 0 Å². The number of piperidine rings is 1. The summed E-state index contributed by atoms with van der Waals surface area (Å²) in [5.41, 5.74) is 3.12. The average molecular weight is 548 g/mol. The van der Waals surface area contributed by atoms with Crippen LogP contribution in [0.5, 0.6) is 11.5 Å². The molecule has 0 aromatic heterocycles. The first-order chi connectivity index (χ1) is 19.5. The lowest BCUT2D eigenvalue weighted by Crippen LogP contribution is -2.48. The molecule has 0 bridgehead atoms. The first-order valence-corrected chi connectivity index (χ1v) is 15.2. The van der Waals surface area contributed by atoms with E-state index in [-0.39, 0.29) is 17.2 Å². The van der Waals surface area contributed by atoms with Crippen LogP contribution >= 0.6 is 0 Å². The molecule has 7 nitrogen and oxygen atoms in total. The zero-order chi connectivity index (χ0) is 27.8. The quantitative estimate of drug-likeness (QED) is 0.569. The van der Waals surface area contributed by atoms with Crippen molar-refractivity contribution in [1.29, 1.82) is 0 Å². The highest BCUT2D eigenvalue weighted by molar-refractivity contribution is 5.94. The number of benzene rings is 2. The summed E-state index contributed by atoms with van der Waals surface area (Å²) >= 11 is 0. The normalized spacial score (nSPS) is 20.7. The second kappa shape index (κ2) is 13.5. The lowest BCUT2D eigenvalue weighted by Gasteiger charge is -2.42. The van der Waals surface area contributed by atoms with Crippen molar-refractivity contribution in [2.45, 2.75) is 70.8 Å². The van der Waals surface area contributed by atoms with Crippen LogP contribution in [0.15, 0.2) is 42.5 Å². The number of likely N-dealkylation sites (tertiary alicyclic amines) is 2. The molecule has 2 saturated heterocycles. The maximum atomic E-state index is 13.6. The zero-order valence-electron chi connectivity index (χ0n) is 24.1. The molecule has 1 N–H and O–H groups in total. The van der Waals surface area contributed by atoms with Crippen LogP contribution in [0.3, 0.4) is 0 Å². The zero-order valence-corrected chi connectivity index (χ0v) is 24.1. The standard InChI is InChI=1S/C33H45N3O4/c1-39-29-14-13-27(23-28(29)24-35-18-6-7-19-35)32(38)36-20-16-33(17-21-36)15-5-4-10-26-9-2-3-11-30(26)40-22-8-12-31(37)34-25-33/h2-3,9,11,13-14,23H,4-8,10,12,15-22,24-25H2,1H3,(H,34,37). The second-order valence-corrected chi connectivity index (χ2v) is 11.8. The molecule has 5 rings (SSSR count). The molecule has 2 aromatic carbocycles. The van der Waals surface area contributed by atoms with Gasteiger partial charge in [-0.3, -0.25) is 14.5 Å². The predicted octanol–water partition coefficient (Wildman–Crippen LogP) is 5.22. The fraction of sp³-hybridized carbons (Fsp3) is 0.576. The van der Waals surface area contributed by atoms with E-state index in [0.29, 0.717) is 26.0 Å². The van der Waals surface area contributed by atoms with Crippen LogP contribution in [-0.2, 0) is 17.8 Å². The molecule has 0 atom stereocenters. The van der Waals surface area contributed by atoms with E-state index in [1.807, 2.05) is 35.2 Å². The highest BCUT2D eigenvalue weighted by Crippen LogP contribution is 2.37. The Hall–Kier alpha value is -3.06. The van der Waals surface area contributed by atoms with Gasteiger partial charge in [0.2, 0.25) is 5.91 Å². The van der Waals surface area contributed by atoms with Crippen molar-refractivity contribution in [1.82, 2.24) is 15.1 Å². The Morgan fingerprint density at radius 1 is 0.950 bits per heavy atom. The molecule has 216 valence electrons. The number of nitrogens with one attached hydrogen (secondary N) is 1. The van der Waals surface area contributed by atoms with E-state index in [0.717, 1.165) is 93.9 Å². The van der Waals surface area contributed by atoms with Gasteiger partial charge in [-0.25, -0.2) is 0 Å². The Bertz CT molecular complexity index is 1150. The molecule has 3 aliphatic rings. The van der Waals surface area contributed by atoms with Crippen molar-refractivity contribution >= 4 is 11.8 Å². The number of carbonyl (C=O) groups excluding carboxylic acids is 2. The Kier molecular flexibility index (Phi) is 9.63. The molecular weight excluding hydrogens is 502 g/mol. The summed E-state index contributed by atoms with van der Waals surface area (Å²) in [4.78, 5) is 30.7. The summed E-state index contributed by atoms with van der Waals surface area (Å²) in [6.45, 7) is 5.71. The summed E-state index contributed by atoms with van der Waals surface area (Å²) < 4.78 is 11.6. The molecule has 0 saturated carbocycles. The third-order valence-corrected chi connectivity index (χ3v) is 9.07. The van der Waals surface area contributed by atoms with E-state index >= 15 is 0 Å². The first kappa shape index (κ1) is 28.5. The fourth-order valence-corrected chi connectivity index (χ4v) is 6.55. The van der Waals surface area contributed by atoms with Crippen molar-refractivity contribution in [2.24, 2.45) is 5.41 Å². The van der Waals surface area contributed by atoms with Crippen LogP contribution in [0.1, 0.15) is 79.3 Å². The van der Waals surface area contributed by atoms with Crippen LogP contribution < -0.4 is 14.8 Å². The SMILES string of the molecule is COc1ccc(C(=O)N2CCC3(CCCCc4ccccc4OCCCC(=O)NC3)CC2)cc1CN1CCCC1. The lowest BCUT2D eigenvalue weighted by molar-refractivity contribution is -0.122. The van der Waals surface area contributed by atoms with Crippen LogP contribution in [-0.4, -0.2) is 68.1 Å². The third kappa shape index (κ3) is 7.17. The van der Waals surface area contributed by atoms with Gasteiger partial charge in [-0.05, 0) is 99.7 Å². The predicted molar refractivity (Wildman–Crippen MR) is 157 cm³/mol. The Balaban J connectivity index is 1.23. The number of hydrogen-bond donors (Lipinski definition) is 1. The molecule has 3 aliphatic heterocycles. The molecule has 2 aromatic rings. The largest absolute Gasteiger partial charge is 0.496 e. The highest BCUT2D eigenvalue weighted by atomic mass is 16.5. The smallest absolute Gasteiger partial charge is 0.253 e. The summed E-state index contributed by atoms with van der Waals surface area (Å²) in [6.07, 6.45) is 9.71. The van der Waals surface area contributed by atoms with Gasteiger partial charge in [0.15, 0.2) is 0 Å². The van der Waals surface area contributed by atoms with Crippen molar-refractivity contribution in [3.05, 3.63) is 59.2 Å². The van der Waals surface area contributed by atoms with Crippen molar-refractivity contribution in [3.8, 4) is 11.5 Å². The van der Waals surface area contributed by atoms with Crippen LogP contribution in [0.2, 0.25) is 0 Å². The number of rotatable bonds is 4. The van der Waals surface area contributed by atoms with E-state index in [4.69, 9.17) is 9.47 Å². The lowest BCUT2D eigenvalue weighted by atomic mass is 9.74. The van der Waals surface area contributed by atoms with E-state index in [9.17, 15) is 9.59 Å². The number of hydrogen-bond acceptors (Lipinski definition) is 5. The monoisotopic (exact) mass is 547 g/mol. The summed E-state index contributed by atoms with van der Waals surface area (Å²) in [5.74, 6) is 1.99. The van der Waals surface area contributed by atoms with E-state index < -0.39 is 0 Å². The first-order valence-electron chi connectivity index (χ1n) is 15.2. The molecule has 2 fully saturated rings. The number of amides is 2. The Morgan fingerprint density at radius 3 is 2.55 bits per heavy atom. The molecule has 3 heterocycles. The van der Waals surface area contributed by atoms with E-state index in [1.54, 1.807) is 7.11 Å². The highest BCUT2D eigenvalue weighted by Gasteiger charge is 2.36. The van der Waals surface area contributed by atoms with Gasteiger partial charge in [0.25, 0.3) is 5.91 Å². The van der Waals surface area contributed by atoms with E-state index in [2.05, 4.69) is 22.3 Å². The number of para-hydroxylation sites is 1. The van der Waals surface area contributed by atoms with Gasteiger partial charge in [0, 0.05) is 43.7 Å². The third-order valence-electron chi connectivity index (χ3n) is 9.07. The van der Waals surface area contributed by atoms with E-state index in [1.165, 1.54) is 18.4 Å². The average Bonchev–Trinajstić information content (AvgIpc) is 3.50. The van der Waals surface area contributed by atoms with Gasteiger partial charge in [0.05, 0.1) is 13.7 Å². The number of fused-ring (bicyclic) bond motifs is 1. The Labute approximate surface area is 239 Å². The maximum absolute atomic E-state index is 13.6. The minimum absolute atomic E-state index is 0.0351. The van der Waals surface area contributed by atoms with Crippen LogP contribution in [0.4, 0.5) is 0 Å². The molecule has 0 unspecified atom stereocenters. The number of carbonyl (C=O) groups is 2. The van der Waals surface area contributed by atoms with Gasteiger partial charge in [-0.2, -0.15) is 0 Å².